The van der Waals surface area contributed by atoms with Crippen LogP contribution in [0.1, 0.15) is 22.5 Å². The van der Waals surface area contributed by atoms with Crippen LogP contribution in [0.15, 0.2) is 41.3 Å². The van der Waals surface area contributed by atoms with Crippen molar-refractivity contribution in [1.82, 2.24) is 9.29 Å². The fraction of sp³-hybridized carbons (Fsp3) is 0.294. The lowest BCUT2D eigenvalue weighted by Crippen LogP contribution is -2.31. The molecule has 1 unspecified atom stereocenters. The van der Waals surface area contributed by atoms with Crippen LogP contribution in [0.25, 0.3) is 0 Å². The van der Waals surface area contributed by atoms with Crippen LogP contribution in [0, 0.1) is 12.7 Å². The molecule has 2 heterocycles. The average Bonchev–Trinajstić information content (AvgIpc) is 3.04. The molecule has 138 valence electrons. The van der Waals surface area contributed by atoms with Crippen LogP contribution in [0.4, 0.5) is 4.39 Å². The predicted molar refractivity (Wildman–Crippen MR) is 90.1 cm³/mol. The first kappa shape index (κ1) is 18.3. The van der Waals surface area contributed by atoms with Gasteiger partial charge in [0.15, 0.2) is 0 Å². The maximum atomic E-state index is 13.5. The molecule has 1 atom stereocenters. The number of hydrogen-bond acceptors (Lipinski definition) is 5. The number of halogens is 1. The monoisotopic (exact) mass is 380 g/mol. The van der Waals surface area contributed by atoms with Gasteiger partial charge in [-0.1, -0.05) is 6.07 Å². The molecule has 0 amide bonds. The highest BCUT2D eigenvalue weighted by Gasteiger charge is 2.34. The fourth-order valence-corrected chi connectivity index (χ4v) is 4.26. The summed E-state index contributed by atoms with van der Waals surface area (Å²) in [6.07, 6.45) is 0.112. The molecule has 1 aliphatic rings. The molecular formula is C17H17FN2O5S. The van der Waals surface area contributed by atoms with Crippen molar-refractivity contribution in [2.75, 3.05) is 13.1 Å². The molecule has 26 heavy (non-hydrogen) atoms. The SMILES string of the molecule is Cc1cccc(OC2CCN(S(=O)(=O)c3ccc(F)c(C(=O)O)c3)C2)n1. The summed E-state index contributed by atoms with van der Waals surface area (Å²) in [5.74, 6) is -2.08. The van der Waals surface area contributed by atoms with Gasteiger partial charge in [0.1, 0.15) is 11.9 Å². The van der Waals surface area contributed by atoms with Crippen LogP contribution in [0.2, 0.25) is 0 Å². The summed E-state index contributed by atoms with van der Waals surface area (Å²) in [5, 5.41) is 8.97. The number of rotatable bonds is 5. The summed E-state index contributed by atoms with van der Waals surface area (Å²) in [7, 11) is -3.94. The zero-order chi connectivity index (χ0) is 18.9. The largest absolute Gasteiger partial charge is 0.478 e. The molecule has 2 aromatic rings. The average molecular weight is 380 g/mol. The highest BCUT2D eigenvalue weighted by atomic mass is 32.2. The number of carboxylic acid groups (broad SMARTS) is 1. The van der Waals surface area contributed by atoms with E-state index in [-0.39, 0.29) is 24.1 Å². The van der Waals surface area contributed by atoms with Gasteiger partial charge in [0.05, 0.1) is 17.0 Å². The zero-order valence-electron chi connectivity index (χ0n) is 13.9. The highest BCUT2D eigenvalue weighted by molar-refractivity contribution is 7.89. The first-order chi connectivity index (χ1) is 12.3. The molecule has 1 N–H and O–H groups in total. The van der Waals surface area contributed by atoms with Crippen LogP contribution >= 0.6 is 0 Å². The molecule has 1 saturated heterocycles. The first-order valence-corrected chi connectivity index (χ1v) is 9.34. The summed E-state index contributed by atoms with van der Waals surface area (Å²) in [6.45, 7) is 2.16. The van der Waals surface area contributed by atoms with Crippen LogP contribution in [-0.4, -0.2) is 48.0 Å². The molecule has 0 aliphatic carbocycles. The van der Waals surface area contributed by atoms with Gasteiger partial charge in [-0.25, -0.2) is 22.6 Å². The Kier molecular flexibility index (Phi) is 4.92. The van der Waals surface area contributed by atoms with Crippen molar-refractivity contribution in [1.29, 1.82) is 0 Å². The maximum absolute atomic E-state index is 13.5. The van der Waals surface area contributed by atoms with Crippen molar-refractivity contribution in [3.63, 3.8) is 0 Å². The first-order valence-electron chi connectivity index (χ1n) is 7.90. The summed E-state index contributed by atoms with van der Waals surface area (Å²) in [5.41, 5.74) is 0.111. The quantitative estimate of drug-likeness (QED) is 0.853. The van der Waals surface area contributed by atoms with E-state index in [1.807, 2.05) is 13.0 Å². The van der Waals surface area contributed by atoms with Crippen LogP contribution in [0.3, 0.4) is 0 Å². The second kappa shape index (κ2) is 7.00. The Balaban J connectivity index is 1.77. The minimum atomic E-state index is -3.94. The Bertz CT molecular complexity index is 948. The van der Waals surface area contributed by atoms with Crippen molar-refractivity contribution in [3.05, 3.63) is 53.5 Å². The maximum Gasteiger partial charge on any atom is 0.338 e. The molecule has 1 aliphatic heterocycles. The van der Waals surface area contributed by atoms with Crippen molar-refractivity contribution in [3.8, 4) is 5.88 Å². The van der Waals surface area contributed by atoms with Crippen LogP contribution in [0.5, 0.6) is 5.88 Å². The molecule has 0 saturated carbocycles. The topological polar surface area (TPSA) is 96.8 Å². The summed E-state index contributed by atoms with van der Waals surface area (Å²) < 4.78 is 45.9. The molecule has 3 rings (SSSR count). The van der Waals surface area contributed by atoms with E-state index in [1.54, 1.807) is 12.1 Å². The third-order valence-electron chi connectivity index (χ3n) is 4.06. The molecule has 1 aromatic heterocycles. The molecule has 1 aromatic carbocycles. The number of sulfonamides is 1. The van der Waals surface area contributed by atoms with E-state index >= 15 is 0 Å². The van der Waals surface area contributed by atoms with E-state index in [0.717, 1.165) is 23.9 Å². The van der Waals surface area contributed by atoms with E-state index in [4.69, 9.17) is 9.84 Å². The molecule has 7 nitrogen and oxygen atoms in total. The number of carboxylic acids is 1. The Morgan fingerprint density at radius 2 is 2.12 bits per heavy atom. The predicted octanol–water partition coefficient (Wildman–Crippen LogP) is 2.07. The Morgan fingerprint density at radius 3 is 2.81 bits per heavy atom. The minimum absolute atomic E-state index is 0.109. The van der Waals surface area contributed by atoms with Gasteiger partial charge < -0.3 is 9.84 Å². The van der Waals surface area contributed by atoms with E-state index in [9.17, 15) is 17.6 Å². The zero-order valence-corrected chi connectivity index (χ0v) is 14.7. The molecule has 1 fully saturated rings. The summed E-state index contributed by atoms with van der Waals surface area (Å²) >= 11 is 0. The number of ether oxygens (including phenoxy) is 1. The van der Waals surface area contributed by atoms with Crippen LogP contribution in [-0.2, 0) is 10.0 Å². The molecule has 0 radical (unpaired) electrons. The van der Waals surface area contributed by atoms with Gasteiger partial charge in [0.2, 0.25) is 15.9 Å². The fourth-order valence-electron chi connectivity index (χ4n) is 2.74. The number of nitrogens with zero attached hydrogens (tertiary/aromatic N) is 2. The normalized spacial score (nSPS) is 18.0. The van der Waals surface area contributed by atoms with Gasteiger partial charge in [0.25, 0.3) is 0 Å². The Hall–Kier alpha value is -2.52. The van der Waals surface area contributed by atoms with E-state index in [1.165, 1.54) is 4.31 Å². The van der Waals surface area contributed by atoms with Gasteiger partial charge in [0, 0.05) is 18.3 Å². The summed E-state index contributed by atoms with van der Waals surface area (Å²) in [6, 6.07) is 8.07. The van der Waals surface area contributed by atoms with E-state index in [0.29, 0.717) is 12.3 Å². The molecule has 9 heteroatoms. The lowest BCUT2D eigenvalue weighted by atomic mass is 10.2. The van der Waals surface area contributed by atoms with Crippen LogP contribution < -0.4 is 4.74 Å². The number of aromatic carboxylic acids is 1. The van der Waals surface area contributed by atoms with Gasteiger partial charge in [-0.15, -0.1) is 0 Å². The number of pyridine rings is 1. The second-order valence-corrected chi connectivity index (χ2v) is 7.89. The molecular weight excluding hydrogens is 363 g/mol. The smallest absolute Gasteiger partial charge is 0.338 e. The highest BCUT2D eigenvalue weighted by Crippen LogP contribution is 2.25. The Labute approximate surface area is 150 Å². The van der Waals surface area contributed by atoms with Gasteiger partial charge in [-0.3, -0.25) is 0 Å². The second-order valence-electron chi connectivity index (χ2n) is 5.96. The third-order valence-corrected chi connectivity index (χ3v) is 5.93. The van der Waals surface area contributed by atoms with Gasteiger partial charge in [-0.05, 0) is 37.6 Å². The minimum Gasteiger partial charge on any atom is -0.478 e. The number of aryl methyl sites for hydroxylation is 1. The Morgan fingerprint density at radius 1 is 1.35 bits per heavy atom. The van der Waals surface area contributed by atoms with Gasteiger partial charge >= 0.3 is 5.97 Å². The molecule has 0 bridgehead atoms. The lowest BCUT2D eigenvalue weighted by Gasteiger charge is -2.17. The number of benzene rings is 1. The van der Waals surface area contributed by atoms with E-state index < -0.39 is 27.4 Å². The van der Waals surface area contributed by atoms with Crippen molar-refractivity contribution in [2.45, 2.75) is 24.3 Å². The number of hydrogen-bond donors (Lipinski definition) is 1. The number of carbonyl (C=O) groups is 1. The standard InChI is InChI=1S/C17H17FN2O5S/c1-11-3-2-4-16(19-11)25-12-7-8-20(10-12)26(23,24)13-5-6-15(18)14(9-13)17(21)22/h2-6,9,12H,7-8,10H2,1H3,(H,21,22). The van der Waals surface area contributed by atoms with E-state index in [2.05, 4.69) is 4.98 Å². The van der Waals surface area contributed by atoms with Crippen molar-refractivity contribution in [2.24, 2.45) is 0 Å². The summed E-state index contributed by atoms with van der Waals surface area (Å²) in [4.78, 5) is 15.0. The van der Waals surface area contributed by atoms with Crippen molar-refractivity contribution < 1.29 is 27.4 Å². The lowest BCUT2D eigenvalue weighted by molar-refractivity contribution is 0.0691. The third kappa shape index (κ3) is 3.68. The van der Waals surface area contributed by atoms with Crippen molar-refractivity contribution >= 4 is 16.0 Å². The van der Waals surface area contributed by atoms with Gasteiger partial charge in [-0.2, -0.15) is 4.31 Å². The number of aromatic nitrogens is 1. The molecule has 0 spiro atoms.